The lowest BCUT2D eigenvalue weighted by atomic mass is 10.3. The van der Waals surface area contributed by atoms with Crippen LogP contribution in [0, 0.1) is 0 Å². The van der Waals surface area contributed by atoms with Gasteiger partial charge < -0.3 is 19.7 Å². The molecular formula is C11H16O7. The van der Waals surface area contributed by atoms with Crippen molar-refractivity contribution in [1.29, 1.82) is 0 Å². The summed E-state index contributed by atoms with van der Waals surface area (Å²) >= 11 is 0. The second-order valence-corrected chi connectivity index (χ2v) is 3.68. The van der Waals surface area contributed by atoms with Gasteiger partial charge in [-0.25, -0.2) is 4.79 Å². The highest BCUT2D eigenvalue weighted by Gasteiger charge is 2.24. The lowest BCUT2D eigenvalue weighted by Crippen LogP contribution is -2.34. The van der Waals surface area contributed by atoms with Gasteiger partial charge in [0, 0.05) is 5.57 Å². The van der Waals surface area contributed by atoms with Gasteiger partial charge in [0.1, 0.15) is 6.10 Å². The molecule has 0 radical (unpaired) electrons. The van der Waals surface area contributed by atoms with Crippen molar-refractivity contribution < 1.29 is 34.1 Å². The summed E-state index contributed by atoms with van der Waals surface area (Å²) in [5.41, 5.74) is 0.0854. The zero-order valence-electron chi connectivity index (χ0n) is 10.2. The second-order valence-electron chi connectivity index (χ2n) is 3.68. The first-order valence-electron chi connectivity index (χ1n) is 5.20. The number of ether oxygens (including phenoxy) is 2. The molecule has 0 aromatic heterocycles. The smallest absolute Gasteiger partial charge is 0.336 e. The third-order valence-electron chi connectivity index (χ3n) is 1.76. The predicted molar refractivity (Wildman–Crippen MR) is 59.3 cm³/mol. The normalized spacial score (nSPS) is 13.3. The SMILES string of the molecule is C=C(C)C(=O)OC(OC(=O)CCC(=O)O)C(C)O. The van der Waals surface area contributed by atoms with E-state index in [2.05, 4.69) is 16.1 Å². The number of aliphatic hydroxyl groups is 1. The van der Waals surface area contributed by atoms with Gasteiger partial charge in [0.25, 0.3) is 6.29 Å². The van der Waals surface area contributed by atoms with Gasteiger partial charge in [-0.05, 0) is 13.8 Å². The summed E-state index contributed by atoms with van der Waals surface area (Å²) < 4.78 is 9.32. The summed E-state index contributed by atoms with van der Waals surface area (Å²) in [5, 5.41) is 17.6. The molecule has 0 heterocycles. The number of carbonyl (C=O) groups is 3. The Morgan fingerprint density at radius 3 is 2.17 bits per heavy atom. The fourth-order valence-electron chi connectivity index (χ4n) is 0.825. The van der Waals surface area contributed by atoms with Crippen molar-refractivity contribution >= 4 is 17.9 Å². The van der Waals surface area contributed by atoms with Crippen molar-refractivity contribution in [3.8, 4) is 0 Å². The van der Waals surface area contributed by atoms with Crippen molar-refractivity contribution in [2.24, 2.45) is 0 Å². The average Bonchev–Trinajstić information content (AvgIpc) is 2.24. The second kappa shape index (κ2) is 7.44. The lowest BCUT2D eigenvalue weighted by molar-refractivity contribution is -0.202. The van der Waals surface area contributed by atoms with E-state index in [1.165, 1.54) is 13.8 Å². The van der Waals surface area contributed by atoms with Gasteiger partial charge in [-0.3, -0.25) is 9.59 Å². The molecule has 0 aliphatic carbocycles. The van der Waals surface area contributed by atoms with E-state index in [1.54, 1.807) is 0 Å². The van der Waals surface area contributed by atoms with Crippen LogP contribution in [-0.4, -0.2) is 40.5 Å². The number of aliphatic hydroxyl groups excluding tert-OH is 1. The molecule has 18 heavy (non-hydrogen) atoms. The van der Waals surface area contributed by atoms with Crippen LogP contribution in [0.5, 0.6) is 0 Å². The number of carbonyl (C=O) groups excluding carboxylic acids is 2. The highest BCUT2D eigenvalue weighted by atomic mass is 16.7. The zero-order valence-corrected chi connectivity index (χ0v) is 10.2. The summed E-state index contributed by atoms with van der Waals surface area (Å²) in [5.74, 6) is -2.84. The Morgan fingerprint density at radius 1 is 1.22 bits per heavy atom. The fourth-order valence-corrected chi connectivity index (χ4v) is 0.825. The van der Waals surface area contributed by atoms with Crippen LogP contribution in [0.1, 0.15) is 26.7 Å². The van der Waals surface area contributed by atoms with E-state index in [-0.39, 0.29) is 12.0 Å². The van der Waals surface area contributed by atoms with E-state index in [0.29, 0.717) is 0 Å². The van der Waals surface area contributed by atoms with Gasteiger partial charge in [-0.15, -0.1) is 0 Å². The van der Waals surface area contributed by atoms with Crippen LogP contribution in [0.4, 0.5) is 0 Å². The van der Waals surface area contributed by atoms with Crippen molar-refractivity contribution in [2.75, 3.05) is 0 Å². The molecule has 0 aliphatic rings. The van der Waals surface area contributed by atoms with Crippen LogP contribution in [0.25, 0.3) is 0 Å². The lowest BCUT2D eigenvalue weighted by Gasteiger charge is -2.20. The molecule has 0 bridgehead atoms. The van der Waals surface area contributed by atoms with Crippen LogP contribution < -0.4 is 0 Å². The summed E-state index contributed by atoms with van der Waals surface area (Å²) in [6.45, 7) is 5.99. The molecule has 2 unspecified atom stereocenters. The van der Waals surface area contributed by atoms with E-state index in [9.17, 15) is 19.5 Å². The number of rotatable bonds is 7. The molecule has 0 aromatic carbocycles. The third kappa shape index (κ3) is 6.64. The maximum atomic E-state index is 11.2. The molecule has 2 N–H and O–H groups in total. The van der Waals surface area contributed by atoms with E-state index in [0.717, 1.165) is 0 Å². The predicted octanol–water partition coefficient (Wildman–Crippen LogP) is 0.221. The molecular weight excluding hydrogens is 244 g/mol. The Bertz CT molecular complexity index is 345. The standard InChI is InChI=1S/C11H16O7/c1-6(2)10(16)18-11(7(3)12)17-9(15)5-4-8(13)14/h7,11-12H,1,4-5H2,2-3H3,(H,13,14). The van der Waals surface area contributed by atoms with E-state index in [1.807, 2.05) is 0 Å². The monoisotopic (exact) mass is 260 g/mol. The maximum absolute atomic E-state index is 11.2. The summed E-state index contributed by atoms with van der Waals surface area (Å²) in [6.07, 6.45) is -3.49. The number of carboxylic acid groups (broad SMARTS) is 1. The topological polar surface area (TPSA) is 110 Å². The molecule has 7 nitrogen and oxygen atoms in total. The van der Waals surface area contributed by atoms with Crippen molar-refractivity contribution in [2.45, 2.75) is 39.1 Å². The molecule has 0 saturated carbocycles. The number of hydrogen-bond acceptors (Lipinski definition) is 6. The highest BCUT2D eigenvalue weighted by molar-refractivity contribution is 5.87. The van der Waals surface area contributed by atoms with Gasteiger partial charge in [0.05, 0.1) is 12.8 Å². The van der Waals surface area contributed by atoms with Crippen molar-refractivity contribution in [3.63, 3.8) is 0 Å². The first-order valence-corrected chi connectivity index (χ1v) is 5.20. The largest absolute Gasteiger partial charge is 0.481 e. The molecule has 0 aliphatic heterocycles. The number of carboxylic acids is 1. The van der Waals surface area contributed by atoms with Crippen molar-refractivity contribution in [3.05, 3.63) is 12.2 Å². The first-order chi connectivity index (χ1) is 8.23. The minimum absolute atomic E-state index is 0.0854. The Kier molecular flexibility index (Phi) is 6.66. The number of aliphatic carboxylic acids is 1. The van der Waals surface area contributed by atoms with Crippen LogP contribution in [0.15, 0.2) is 12.2 Å². The van der Waals surface area contributed by atoms with Crippen molar-refractivity contribution in [1.82, 2.24) is 0 Å². The molecule has 2 atom stereocenters. The average molecular weight is 260 g/mol. The summed E-state index contributed by atoms with van der Waals surface area (Å²) in [7, 11) is 0. The molecule has 0 amide bonds. The van der Waals surface area contributed by atoms with Gasteiger partial charge in [-0.2, -0.15) is 0 Å². The summed E-state index contributed by atoms with van der Waals surface area (Å²) in [4.78, 5) is 32.6. The number of esters is 2. The van der Waals surface area contributed by atoms with Crippen LogP contribution in [0.3, 0.4) is 0 Å². The zero-order chi connectivity index (χ0) is 14.3. The van der Waals surface area contributed by atoms with Gasteiger partial charge in [0.2, 0.25) is 0 Å². The molecule has 0 aromatic rings. The third-order valence-corrected chi connectivity index (χ3v) is 1.76. The van der Waals surface area contributed by atoms with E-state index >= 15 is 0 Å². The van der Waals surface area contributed by atoms with Crippen LogP contribution in [-0.2, 0) is 23.9 Å². The Morgan fingerprint density at radius 2 is 1.78 bits per heavy atom. The van der Waals surface area contributed by atoms with Crippen LogP contribution >= 0.6 is 0 Å². The van der Waals surface area contributed by atoms with Gasteiger partial charge >= 0.3 is 17.9 Å². The molecule has 0 spiro atoms. The van der Waals surface area contributed by atoms with Gasteiger partial charge in [0.15, 0.2) is 0 Å². The maximum Gasteiger partial charge on any atom is 0.336 e. The van der Waals surface area contributed by atoms with Crippen LogP contribution in [0.2, 0.25) is 0 Å². The molecule has 0 fully saturated rings. The minimum atomic E-state index is -1.48. The highest BCUT2D eigenvalue weighted by Crippen LogP contribution is 2.07. The Hall–Kier alpha value is -1.89. The summed E-state index contributed by atoms with van der Waals surface area (Å²) in [6, 6.07) is 0. The fraction of sp³-hybridized carbons (Fsp3) is 0.545. The molecule has 0 rings (SSSR count). The first kappa shape index (κ1) is 16.1. The molecule has 0 saturated heterocycles. The quantitative estimate of drug-likeness (QED) is 0.382. The molecule has 102 valence electrons. The number of hydrogen-bond donors (Lipinski definition) is 2. The Labute approximate surface area is 104 Å². The van der Waals surface area contributed by atoms with E-state index in [4.69, 9.17) is 5.11 Å². The van der Waals surface area contributed by atoms with E-state index < -0.39 is 36.7 Å². The Balaban J connectivity index is 4.36. The van der Waals surface area contributed by atoms with Gasteiger partial charge in [-0.1, -0.05) is 6.58 Å². The minimum Gasteiger partial charge on any atom is -0.481 e. The molecule has 7 heteroatoms.